The quantitative estimate of drug-likeness (QED) is 0.763. The highest BCUT2D eigenvalue weighted by Crippen LogP contribution is 2.28. The van der Waals surface area contributed by atoms with Gasteiger partial charge in [0.1, 0.15) is 0 Å². The standard InChI is InChI=1S/C12H19N3/c13-6-1-9-15(12-2-3-12)10-11-4-7-14-8-5-11/h4-5,7-8,12H,1-3,6,9-10,13H2. The molecular weight excluding hydrogens is 186 g/mol. The molecule has 1 aliphatic rings. The smallest absolute Gasteiger partial charge is 0.0271 e. The minimum Gasteiger partial charge on any atom is -0.330 e. The molecule has 15 heavy (non-hydrogen) atoms. The second-order valence-corrected chi connectivity index (χ2v) is 4.20. The van der Waals surface area contributed by atoms with Crippen molar-refractivity contribution in [2.45, 2.75) is 31.8 Å². The summed E-state index contributed by atoms with van der Waals surface area (Å²) in [6.45, 7) is 2.97. The van der Waals surface area contributed by atoms with Gasteiger partial charge in [0, 0.05) is 25.0 Å². The van der Waals surface area contributed by atoms with E-state index in [2.05, 4.69) is 22.0 Å². The van der Waals surface area contributed by atoms with Crippen molar-refractivity contribution in [2.75, 3.05) is 13.1 Å². The minimum absolute atomic E-state index is 0.791. The van der Waals surface area contributed by atoms with Crippen LogP contribution in [0, 0.1) is 0 Å². The van der Waals surface area contributed by atoms with Crippen LogP contribution in [0.3, 0.4) is 0 Å². The monoisotopic (exact) mass is 205 g/mol. The Morgan fingerprint density at radius 2 is 2.07 bits per heavy atom. The third kappa shape index (κ3) is 3.29. The van der Waals surface area contributed by atoms with E-state index in [9.17, 15) is 0 Å². The summed E-state index contributed by atoms with van der Waals surface area (Å²) in [6.07, 6.45) is 7.54. The molecule has 3 heteroatoms. The van der Waals surface area contributed by atoms with E-state index >= 15 is 0 Å². The maximum absolute atomic E-state index is 5.55. The summed E-state index contributed by atoms with van der Waals surface area (Å²) in [5.74, 6) is 0. The number of hydrogen-bond acceptors (Lipinski definition) is 3. The number of nitrogens with zero attached hydrogens (tertiary/aromatic N) is 2. The zero-order chi connectivity index (χ0) is 10.5. The van der Waals surface area contributed by atoms with Gasteiger partial charge >= 0.3 is 0 Å². The molecule has 0 aliphatic heterocycles. The number of aromatic nitrogens is 1. The Balaban J connectivity index is 1.88. The topological polar surface area (TPSA) is 42.1 Å². The molecule has 0 radical (unpaired) electrons. The van der Waals surface area contributed by atoms with E-state index < -0.39 is 0 Å². The van der Waals surface area contributed by atoms with Gasteiger partial charge in [0.05, 0.1) is 0 Å². The van der Waals surface area contributed by atoms with Gasteiger partial charge in [-0.25, -0.2) is 0 Å². The maximum Gasteiger partial charge on any atom is 0.0271 e. The summed E-state index contributed by atoms with van der Waals surface area (Å²) < 4.78 is 0. The van der Waals surface area contributed by atoms with Crippen molar-refractivity contribution >= 4 is 0 Å². The van der Waals surface area contributed by atoms with Gasteiger partial charge in [-0.05, 0) is 50.0 Å². The Hall–Kier alpha value is -0.930. The normalized spacial score (nSPS) is 15.9. The van der Waals surface area contributed by atoms with E-state index in [-0.39, 0.29) is 0 Å². The lowest BCUT2D eigenvalue weighted by atomic mass is 10.2. The molecule has 1 aliphatic carbocycles. The van der Waals surface area contributed by atoms with E-state index in [0.29, 0.717) is 0 Å². The zero-order valence-corrected chi connectivity index (χ0v) is 9.10. The zero-order valence-electron chi connectivity index (χ0n) is 9.10. The van der Waals surface area contributed by atoms with Crippen LogP contribution in [0.2, 0.25) is 0 Å². The van der Waals surface area contributed by atoms with Crippen molar-refractivity contribution in [1.29, 1.82) is 0 Å². The Morgan fingerprint density at radius 1 is 1.33 bits per heavy atom. The van der Waals surface area contributed by atoms with Crippen molar-refractivity contribution in [3.05, 3.63) is 30.1 Å². The summed E-state index contributed by atoms with van der Waals surface area (Å²) >= 11 is 0. The number of pyridine rings is 1. The van der Waals surface area contributed by atoms with Gasteiger partial charge in [-0.1, -0.05) is 0 Å². The highest BCUT2D eigenvalue weighted by atomic mass is 15.2. The number of nitrogens with two attached hydrogens (primary N) is 1. The fraction of sp³-hybridized carbons (Fsp3) is 0.583. The molecule has 0 unspecified atom stereocenters. The Bertz CT molecular complexity index is 282. The molecule has 0 bridgehead atoms. The molecule has 1 aromatic heterocycles. The van der Waals surface area contributed by atoms with Crippen molar-refractivity contribution in [1.82, 2.24) is 9.88 Å². The van der Waals surface area contributed by atoms with Crippen molar-refractivity contribution in [3.8, 4) is 0 Å². The molecule has 0 spiro atoms. The van der Waals surface area contributed by atoms with Gasteiger partial charge in [0.2, 0.25) is 0 Å². The SMILES string of the molecule is NCCCN(Cc1ccncc1)C1CC1. The first-order valence-corrected chi connectivity index (χ1v) is 5.73. The highest BCUT2D eigenvalue weighted by Gasteiger charge is 2.28. The molecule has 1 fully saturated rings. The van der Waals surface area contributed by atoms with Crippen LogP contribution in [0.25, 0.3) is 0 Å². The third-order valence-corrected chi connectivity index (χ3v) is 2.85. The van der Waals surface area contributed by atoms with Crippen LogP contribution >= 0.6 is 0 Å². The molecule has 3 nitrogen and oxygen atoms in total. The molecule has 0 saturated heterocycles. The first-order valence-electron chi connectivity index (χ1n) is 5.73. The fourth-order valence-electron chi connectivity index (χ4n) is 1.85. The molecule has 82 valence electrons. The van der Waals surface area contributed by atoms with Crippen LogP contribution in [0.15, 0.2) is 24.5 Å². The summed E-state index contributed by atoms with van der Waals surface area (Å²) in [6, 6.07) is 5.00. The van der Waals surface area contributed by atoms with E-state index in [1.54, 1.807) is 0 Å². The van der Waals surface area contributed by atoms with Crippen LogP contribution in [-0.2, 0) is 6.54 Å². The Labute approximate surface area is 91.3 Å². The summed E-state index contributed by atoms with van der Waals surface area (Å²) in [5, 5.41) is 0. The van der Waals surface area contributed by atoms with Crippen molar-refractivity contribution in [3.63, 3.8) is 0 Å². The second-order valence-electron chi connectivity index (χ2n) is 4.20. The molecule has 1 saturated carbocycles. The van der Waals surface area contributed by atoms with Crippen LogP contribution < -0.4 is 5.73 Å². The molecule has 0 amide bonds. The second kappa shape index (κ2) is 5.24. The van der Waals surface area contributed by atoms with Crippen LogP contribution in [0.5, 0.6) is 0 Å². The minimum atomic E-state index is 0.791. The lowest BCUT2D eigenvalue weighted by Crippen LogP contribution is -2.28. The van der Waals surface area contributed by atoms with Crippen LogP contribution in [0.1, 0.15) is 24.8 Å². The van der Waals surface area contributed by atoms with Gasteiger partial charge in [0.15, 0.2) is 0 Å². The van der Waals surface area contributed by atoms with E-state index in [1.165, 1.54) is 18.4 Å². The van der Waals surface area contributed by atoms with Gasteiger partial charge < -0.3 is 5.73 Å². The van der Waals surface area contributed by atoms with Crippen LogP contribution in [0.4, 0.5) is 0 Å². The average molecular weight is 205 g/mol. The number of hydrogen-bond donors (Lipinski definition) is 1. The first kappa shape index (κ1) is 10.6. The molecule has 1 aromatic rings. The molecule has 2 rings (SSSR count). The Kier molecular flexibility index (Phi) is 3.69. The predicted octanol–water partition coefficient (Wildman–Crippen LogP) is 1.39. The third-order valence-electron chi connectivity index (χ3n) is 2.85. The molecular formula is C12H19N3. The average Bonchev–Trinajstić information content (AvgIpc) is 3.09. The van der Waals surface area contributed by atoms with Crippen molar-refractivity contribution in [2.24, 2.45) is 5.73 Å². The lowest BCUT2D eigenvalue weighted by Gasteiger charge is -2.21. The van der Waals surface area contributed by atoms with Gasteiger partial charge in [-0.15, -0.1) is 0 Å². The van der Waals surface area contributed by atoms with Gasteiger partial charge in [-0.2, -0.15) is 0 Å². The summed E-state index contributed by atoms with van der Waals surface area (Å²) in [7, 11) is 0. The molecule has 0 atom stereocenters. The van der Waals surface area contributed by atoms with Crippen LogP contribution in [-0.4, -0.2) is 29.0 Å². The highest BCUT2D eigenvalue weighted by molar-refractivity contribution is 5.10. The largest absolute Gasteiger partial charge is 0.330 e. The maximum atomic E-state index is 5.55. The van der Waals surface area contributed by atoms with E-state index in [1.807, 2.05) is 12.4 Å². The number of rotatable bonds is 6. The summed E-state index contributed by atoms with van der Waals surface area (Å²) in [5.41, 5.74) is 6.91. The summed E-state index contributed by atoms with van der Waals surface area (Å²) in [4.78, 5) is 6.58. The first-order chi connectivity index (χ1) is 7.40. The lowest BCUT2D eigenvalue weighted by molar-refractivity contribution is 0.253. The fourth-order valence-corrected chi connectivity index (χ4v) is 1.85. The molecule has 1 heterocycles. The van der Waals surface area contributed by atoms with E-state index in [0.717, 1.165) is 32.1 Å². The van der Waals surface area contributed by atoms with Gasteiger partial charge in [0.25, 0.3) is 0 Å². The van der Waals surface area contributed by atoms with Gasteiger partial charge in [-0.3, -0.25) is 9.88 Å². The Morgan fingerprint density at radius 3 is 2.67 bits per heavy atom. The molecule has 0 aromatic carbocycles. The molecule has 2 N–H and O–H groups in total. The van der Waals surface area contributed by atoms with E-state index in [4.69, 9.17) is 5.73 Å². The van der Waals surface area contributed by atoms with Crippen molar-refractivity contribution < 1.29 is 0 Å². The predicted molar refractivity (Wildman–Crippen MR) is 61.3 cm³/mol.